The zero-order valence-electron chi connectivity index (χ0n) is 35.7. The standard InChI is InChI=1S/C11H16O4.C10H14O4.C9H14O4.C7H10O4.C7H10/c1-14-8(12)10-3-5-11(7-10,6-4-10)9(13)15-2;1-14-8(13)10-4-2-9(6-10,3-5-10)7(11)12;1-12-8(10)6-3-4-7(5-6)9(11)13-2;8-6(9)4-1-2-5(3-4)7(10)11;1-2-7-4-3-6(1)5-7/h3-7H2,1-2H3;2-6H2,1H3,(H,11,12);6-7H,3-5H2,1-2H3;4-5H,1-3H2,(H,8,9)(H,10,11);1-2,6-7H,3-5H2. The number of carbonyl (C=O) groups excluding carboxylic acids is 5. The Bertz CT molecular complexity index is 1550. The molecule has 7 saturated carbocycles. The number of methoxy groups -OCH3 is 5. The van der Waals surface area contributed by atoms with E-state index in [-0.39, 0.29) is 41.7 Å². The van der Waals surface area contributed by atoms with Crippen molar-refractivity contribution in [1.29, 1.82) is 0 Å². The smallest absolute Gasteiger partial charge is 0.311 e. The van der Waals surface area contributed by atoms with Gasteiger partial charge in [-0.1, -0.05) is 12.2 Å². The van der Waals surface area contributed by atoms with Gasteiger partial charge in [0.15, 0.2) is 0 Å². The van der Waals surface area contributed by atoms with E-state index in [2.05, 4.69) is 21.6 Å². The van der Waals surface area contributed by atoms with Crippen molar-refractivity contribution >= 4 is 47.8 Å². The van der Waals surface area contributed by atoms with Crippen LogP contribution in [0, 0.1) is 57.2 Å². The summed E-state index contributed by atoms with van der Waals surface area (Å²) in [6, 6.07) is 0. The minimum absolute atomic E-state index is 0.117. The molecular weight excluding hydrogens is 784 g/mol. The molecule has 336 valence electrons. The van der Waals surface area contributed by atoms with E-state index in [1.165, 1.54) is 54.8 Å². The van der Waals surface area contributed by atoms with Crippen molar-refractivity contribution in [2.75, 3.05) is 35.5 Å². The lowest BCUT2D eigenvalue weighted by atomic mass is 9.82. The van der Waals surface area contributed by atoms with Crippen LogP contribution in [-0.4, -0.2) is 98.6 Å². The van der Waals surface area contributed by atoms with Crippen LogP contribution in [-0.2, 0) is 62.0 Å². The van der Waals surface area contributed by atoms with Crippen molar-refractivity contribution < 1.29 is 77.4 Å². The lowest BCUT2D eigenvalue weighted by molar-refractivity contribution is -0.153. The van der Waals surface area contributed by atoms with Crippen molar-refractivity contribution in [3.05, 3.63) is 12.2 Å². The highest BCUT2D eigenvalue weighted by molar-refractivity contribution is 5.85. The molecule has 0 radical (unpaired) electrons. The number of hydrogen-bond acceptors (Lipinski definition) is 13. The van der Waals surface area contributed by atoms with Gasteiger partial charge < -0.3 is 39.0 Å². The van der Waals surface area contributed by atoms with Crippen molar-refractivity contribution in [2.45, 2.75) is 122 Å². The Balaban J connectivity index is 0.000000168. The number of aliphatic carboxylic acids is 3. The lowest BCUT2D eigenvalue weighted by Crippen LogP contribution is -2.27. The summed E-state index contributed by atoms with van der Waals surface area (Å²) in [5.41, 5.74) is -1.91. The van der Waals surface area contributed by atoms with Crippen LogP contribution in [0.5, 0.6) is 0 Å². The number of allylic oxidation sites excluding steroid dienone is 2. The molecule has 0 heterocycles. The third-order valence-electron chi connectivity index (χ3n) is 14.8. The first-order chi connectivity index (χ1) is 28.4. The second-order valence-corrected chi connectivity index (χ2v) is 18.1. The molecule has 8 aliphatic carbocycles. The lowest BCUT2D eigenvalue weighted by Gasteiger charge is -2.24. The summed E-state index contributed by atoms with van der Waals surface area (Å²) in [5, 5.41) is 26.1. The van der Waals surface area contributed by atoms with Gasteiger partial charge in [0, 0.05) is 0 Å². The van der Waals surface area contributed by atoms with Gasteiger partial charge in [0.1, 0.15) is 0 Å². The second-order valence-electron chi connectivity index (χ2n) is 18.1. The van der Waals surface area contributed by atoms with Gasteiger partial charge in [-0.05, 0) is 134 Å². The SMILES string of the molecule is C1=CC2CCC1C2.COC(=O)C12CCC(C(=O)O)(CC1)C2.COC(=O)C12CCC(C(=O)OC)(CC1)C2.COC(=O)C1CCC(C(=O)OC)C1.O=C(O)C1CCC(C(=O)O)C1. The van der Waals surface area contributed by atoms with Crippen LogP contribution in [0.3, 0.4) is 0 Å². The maximum Gasteiger partial charge on any atom is 0.311 e. The number of carboxylic acids is 3. The van der Waals surface area contributed by atoms with E-state index in [0.29, 0.717) is 64.2 Å². The molecule has 8 aliphatic rings. The number of carbonyl (C=O) groups is 8. The molecule has 60 heavy (non-hydrogen) atoms. The topological polar surface area (TPSA) is 243 Å². The molecule has 8 rings (SSSR count). The van der Waals surface area contributed by atoms with Gasteiger partial charge in [0.25, 0.3) is 0 Å². The van der Waals surface area contributed by atoms with E-state index in [1.807, 2.05) is 0 Å². The minimum atomic E-state index is -0.867. The maximum atomic E-state index is 11.7. The van der Waals surface area contributed by atoms with E-state index in [9.17, 15) is 38.4 Å². The molecule has 0 aromatic heterocycles. The average Bonchev–Trinajstić information content (AvgIpc) is 4.12. The quantitative estimate of drug-likeness (QED) is 0.149. The molecule has 0 amide bonds. The molecule has 0 spiro atoms. The van der Waals surface area contributed by atoms with Gasteiger partial charge in [-0.3, -0.25) is 38.4 Å². The molecule has 16 nitrogen and oxygen atoms in total. The van der Waals surface area contributed by atoms with Crippen LogP contribution >= 0.6 is 0 Å². The fraction of sp³-hybridized carbons (Fsp3) is 0.773. The maximum absolute atomic E-state index is 11.7. The Labute approximate surface area is 351 Å². The summed E-state index contributed by atoms with van der Waals surface area (Å²) in [6.45, 7) is 0. The van der Waals surface area contributed by atoms with Crippen LogP contribution in [0.15, 0.2) is 12.2 Å². The van der Waals surface area contributed by atoms with E-state index >= 15 is 0 Å². The van der Waals surface area contributed by atoms with E-state index in [0.717, 1.165) is 50.4 Å². The van der Waals surface area contributed by atoms with Crippen LogP contribution < -0.4 is 0 Å². The first-order valence-corrected chi connectivity index (χ1v) is 21.2. The number of ether oxygens (including phenoxy) is 5. The fourth-order valence-corrected chi connectivity index (χ4v) is 11.1. The molecule has 0 aromatic rings. The first-order valence-electron chi connectivity index (χ1n) is 21.2. The number of fused-ring (bicyclic) bond motifs is 6. The molecular formula is C44H64O16. The van der Waals surface area contributed by atoms with E-state index < -0.39 is 51.4 Å². The minimum Gasteiger partial charge on any atom is -0.481 e. The highest BCUT2D eigenvalue weighted by atomic mass is 16.5. The van der Waals surface area contributed by atoms with E-state index in [4.69, 9.17) is 29.5 Å². The zero-order valence-corrected chi connectivity index (χ0v) is 35.7. The van der Waals surface area contributed by atoms with Gasteiger partial charge in [-0.15, -0.1) is 0 Å². The molecule has 6 atom stereocenters. The highest BCUT2D eigenvalue weighted by Crippen LogP contribution is 2.63. The Hall–Kier alpha value is -4.50. The monoisotopic (exact) mass is 848 g/mol. The van der Waals surface area contributed by atoms with Crippen LogP contribution in [0.2, 0.25) is 0 Å². The normalized spacial score (nSPS) is 35.4. The van der Waals surface area contributed by atoms with Crippen molar-refractivity contribution in [2.24, 2.45) is 57.2 Å². The van der Waals surface area contributed by atoms with Gasteiger partial charge >= 0.3 is 47.8 Å². The molecule has 7 fully saturated rings. The first kappa shape index (κ1) is 48.2. The van der Waals surface area contributed by atoms with Gasteiger partial charge in [0.05, 0.1) is 80.9 Å². The number of esters is 5. The third-order valence-corrected chi connectivity index (χ3v) is 14.8. The number of rotatable bonds is 8. The molecule has 6 bridgehead atoms. The summed E-state index contributed by atoms with van der Waals surface area (Å²) >= 11 is 0. The molecule has 0 aromatic carbocycles. The Morgan fingerprint density at radius 1 is 0.417 bits per heavy atom. The zero-order chi connectivity index (χ0) is 44.5. The summed E-state index contributed by atoms with van der Waals surface area (Å²) < 4.78 is 23.6. The van der Waals surface area contributed by atoms with Crippen LogP contribution in [0.4, 0.5) is 0 Å². The molecule has 0 aliphatic heterocycles. The van der Waals surface area contributed by atoms with Gasteiger partial charge in [-0.2, -0.15) is 0 Å². The van der Waals surface area contributed by atoms with Crippen molar-refractivity contribution in [3.8, 4) is 0 Å². The fourth-order valence-electron chi connectivity index (χ4n) is 11.1. The van der Waals surface area contributed by atoms with Crippen LogP contribution in [0.1, 0.15) is 122 Å². The Morgan fingerprint density at radius 2 is 0.717 bits per heavy atom. The van der Waals surface area contributed by atoms with Gasteiger partial charge in [0.2, 0.25) is 0 Å². The predicted octanol–water partition coefficient (Wildman–Crippen LogP) is 5.77. The second kappa shape index (κ2) is 20.4. The Kier molecular flexibility index (Phi) is 16.4. The van der Waals surface area contributed by atoms with Crippen molar-refractivity contribution in [3.63, 3.8) is 0 Å². The van der Waals surface area contributed by atoms with Crippen LogP contribution in [0.25, 0.3) is 0 Å². The molecule has 3 N–H and O–H groups in total. The van der Waals surface area contributed by atoms with Gasteiger partial charge in [-0.25, -0.2) is 0 Å². The third kappa shape index (κ3) is 10.7. The molecule has 6 unspecified atom stereocenters. The summed E-state index contributed by atoms with van der Waals surface area (Å²) in [5.74, 6) is -2.58. The largest absolute Gasteiger partial charge is 0.481 e. The average molecular weight is 849 g/mol. The predicted molar refractivity (Wildman–Crippen MR) is 211 cm³/mol. The molecule has 0 saturated heterocycles. The summed E-state index contributed by atoms with van der Waals surface area (Å²) in [4.78, 5) is 88.9. The highest BCUT2D eigenvalue weighted by Gasteiger charge is 2.63. The van der Waals surface area contributed by atoms with E-state index in [1.54, 1.807) is 0 Å². The number of carboxylic acid groups (broad SMARTS) is 3. The summed E-state index contributed by atoms with van der Waals surface area (Å²) in [7, 11) is 6.93. The van der Waals surface area contributed by atoms with Crippen molar-refractivity contribution in [1.82, 2.24) is 0 Å². The molecule has 16 heteroatoms. The summed E-state index contributed by atoms with van der Waals surface area (Å²) in [6.07, 6.45) is 19.2. The Morgan fingerprint density at radius 3 is 0.933 bits per heavy atom. The number of hydrogen-bond donors (Lipinski definition) is 3.